The largest absolute Gasteiger partial charge is 0.490 e. The van der Waals surface area contributed by atoms with Crippen LogP contribution in [0.3, 0.4) is 0 Å². The van der Waals surface area contributed by atoms with Gasteiger partial charge in [0.15, 0.2) is 11.5 Å². The molecule has 0 aromatic heterocycles. The molecule has 1 saturated heterocycles. The molecule has 26 heavy (non-hydrogen) atoms. The second-order valence-electron chi connectivity index (χ2n) is 6.36. The van der Waals surface area contributed by atoms with E-state index in [9.17, 15) is 14.7 Å². The first-order valence-corrected chi connectivity index (χ1v) is 9.01. The highest BCUT2D eigenvalue weighted by Gasteiger charge is 2.36. The predicted molar refractivity (Wildman–Crippen MR) is 95.9 cm³/mol. The summed E-state index contributed by atoms with van der Waals surface area (Å²) < 4.78 is 16.5. The molecule has 1 aliphatic heterocycles. The summed E-state index contributed by atoms with van der Waals surface area (Å²) in [5, 5.41) is 12.1. The van der Waals surface area contributed by atoms with Crippen molar-refractivity contribution in [2.75, 3.05) is 26.4 Å². The number of hydrogen-bond donors (Lipinski definition) is 2. The summed E-state index contributed by atoms with van der Waals surface area (Å²) in [5.74, 6) is -0.161. The molecule has 0 bridgehead atoms. The van der Waals surface area contributed by atoms with Crippen LogP contribution >= 0.6 is 0 Å². The third-order valence-electron chi connectivity index (χ3n) is 4.29. The van der Waals surface area contributed by atoms with Gasteiger partial charge >= 0.3 is 5.97 Å². The summed E-state index contributed by atoms with van der Waals surface area (Å²) in [6.45, 7) is 5.75. The number of aliphatic carboxylic acids is 1. The van der Waals surface area contributed by atoms with E-state index < -0.39 is 11.5 Å². The van der Waals surface area contributed by atoms with Gasteiger partial charge in [0.1, 0.15) is 0 Å². The van der Waals surface area contributed by atoms with E-state index in [1.54, 1.807) is 18.2 Å². The van der Waals surface area contributed by atoms with Crippen LogP contribution in [0.1, 0.15) is 49.9 Å². The minimum atomic E-state index is -0.939. The molecular formula is C19H27NO6. The van der Waals surface area contributed by atoms with Crippen molar-refractivity contribution in [1.82, 2.24) is 5.32 Å². The van der Waals surface area contributed by atoms with Crippen molar-refractivity contribution >= 4 is 11.9 Å². The number of carboxylic acid groups (broad SMARTS) is 1. The molecule has 0 atom stereocenters. The lowest BCUT2D eigenvalue weighted by molar-refractivity contribution is -0.139. The Kier molecular flexibility index (Phi) is 7.26. The Labute approximate surface area is 153 Å². The number of carbonyl (C=O) groups excluding carboxylic acids is 1. The van der Waals surface area contributed by atoms with Gasteiger partial charge in [-0.3, -0.25) is 9.59 Å². The van der Waals surface area contributed by atoms with Crippen molar-refractivity contribution in [3.63, 3.8) is 0 Å². The SMILES string of the molecule is CCCOc1ccc(C(=O)NC2(CC(=O)O)CCOCC2)cc1OCC. The van der Waals surface area contributed by atoms with E-state index in [2.05, 4.69) is 5.32 Å². The van der Waals surface area contributed by atoms with Crippen molar-refractivity contribution < 1.29 is 28.9 Å². The number of hydrogen-bond acceptors (Lipinski definition) is 5. The normalized spacial score (nSPS) is 15.9. The van der Waals surface area contributed by atoms with Gasteiger partial charge in [0.05, 0.1) is 25.2 Å². The molecule has 2 N–H and O–H groups in total. The second-order valence-corrected chi connectivity index (χ2v) is 6.36. The lowest BCUT2D eigenvalue weighted by Crippen LogP contribution is -2.53. The van der Waals surface area contributed by atoms with E-state index in [1.165, 1.54) is 0 Å². The van der Waals surface area contributed by atoms with Gasteiger partial charge in [-0.1, -0.05) is 6.92 Å². The van der Waals surface area contributed by atoms with E-state index in [1.807, 2.05) is 13.8 Å². The zero-order chi connectivity index (χ0) is 19.0. The highest BCUT2D eigenvalue weighted by molar-refractivity contribution is 5.95. The minimum Gasteiger partial charge on any atom is -0.490 e. The van der Waals surface area contributed by atoms with Gasteiger partial charge in [-0.05, 0) is 44.4 Å². The number of amides is 1. The number of rotatable bonds is 9. The van der Waals surface area contributed by atoms with Crippen molar-refractivity contribution in [3.05, 3.63) is 23.8 Å². The molecule has 0 aliphatic carbocycles. The van der Waals surface area contributed by atoms with E-state index in [-0.39, 0.29) is 12.3 Å². The fourth-order valence-corrected chi connectivity index (χ4v) is 2.96. The van der Waals surface area contributed by atoms with Gasteiger partial charge in [0.25, 0.3) is 5.91 Å². The topological polar surface area (TPSA) is 94.1 Å². The number of nitrogens with one attached hydrogen (secondary N) is 1. The molecule has 0 radical (unpaired) electrons. The highest BCUT2D eigenvalue weighted by atomic mass is 16.5. The van der Waals surface area contributed by atoms with Crippen molar-refractivity contribution in [2.24, 2.45) is 0 Å². The number of carboxylic acids is 1. The zero-order valence-corrected chi connectivity index (χ0v) is 15.4. The maximum atomic E-state index is 12.7. The first-order valence-electron chi connectivity index (χ1n) is 9.01. The highest BCUT2D eigenvalue weighted by Crippen LogP contribution is 2.30. The fourth-order valence-electron chi connectivity index (χ4n) is 2.96. The van der Waals surface area contributed by atoms with E-state index in [0.717, 1.165) is 6.42 Å². The van der Waals surface area contributed by atoms with Crippen LogP contribution in [0.15, 0.2) is 18.2 Å². The molecule has 0 spiro atoms. The Balaban J connectivity index is 2.18. The lowest BCUT2D eigenvalue weighted by Gasteiger charge is -2.36. The van der Waals surface area contributed by atoms with Crippen molar-refractivity contribution in [3.8, 4) is 11.5 Å². The predicted octanol–water partition coefficient (Wildman–Crippen LogP) is 2.63. The molecular weight excluding hydrogens is 338 g/mol. The van der Waals surface area contributed by atoms with Crippen LogP contribution in [0.5, 0.6) is 11.5 Å². The number of ether oxygens (including phenoxy) is 3. The van der Waals surface area contributed by atoms with Gasteiger partial charge in [-0.2, -0.15) is 0 Å². The first-order chi connectivity index (χ1) is 12.5. The fraction of sp³-hybridized carbons (Fsp3) is 0.579. The molecule has 0 saturated carbocycles. The van der Waals surface area contributed by atoms with Crippen molar-refractivity contribution in [1.29, 1.82) is 0 Å². The summed E-state index contributed by atoms with van der Waals surface area (Å²) in [6, 6.07) is 5.01. The summed E-state index contributed by atoms with van der Waals surface area (Å²) in [5.41, 5.74) is -0.377. The molecule has 7 nitrogen and oxygen atoms in total. The van der Waals surface area contributed by atoms with Crippen LogP contribution < -0.4 is 14.8 Å². The first kappa shape index (κ1) is 20.0. The molecule has 1 aromatic carbocycles. The Hall–Kier alpha value is -2.28. The standard InChI is InChI=1S/C19H27NO6/c1-3-9-26-15-6-5-14(12-16(15)25-4-2)18(23)20-19(13-17(21)22)7-10-24-11-8-19/h5-6,12H,3-4,7-11,13H2,1-2H3,(H,20,23)(H,21,22). The monoisotopic (exact) mass is 365 g/mol. The second kappa shape index (κ2) is 9.43. The molecule has 7 heteroatoms. The van der Waals surface area contributed by atoms with Crippen molar-refractivity contribution in [2.45, 2.75) is 45.1 Å². The quantitative estimate of drug-likeness (QED) is 0.699. The molecule has 144 valence electrons. The molecule has 1 heterocycles. The van der Waals surface area contributed by atoms with Crippen LogP contribution in [-0.2, 0) is 9.53 Å². The van der Waals surface area contributed by atoms with Crippen LogP contribution in [0, 0.1) is 0 Å². The third kappa shape index (κ3) is 5.36. The van der Waals surface area contributed by atoms with Gasteiger partial charge in [-0.15, -0.1) is 0 Å². The number of benzene rings is 1. The van der Waals surface area contributed by atoms with Gasteiger partial charge < -0.3 is 24.6 Å². The maximum absolute atomic E-state index is 12.7. The average molecular weight is 365 g/mol. The summed E-state index contributed by atoms with van der Waals surface area (Å²) in [6.07, 6.45) is 1.69. The van der Waals surface area contributed by atoms with Gasteiger partial charge in [0, 0.05) is 18.8 Å². The van der Waals surface area contributed by atoms with E-state index in [0.29, 0.717) is 56.3 Å². The van der Waals surface area contributed by atoms with Gasteiger partial charge in [0.2, 0.25) is 0 Å². The summed E-state index contributed by atoms with van der Waals surface area (Å²) in [4.78, 5) is 24.0. The van der Waals surface area contributed by atoms with E-state index >= 15 is 0 Å². The summed E-state index contributed by atoms with van der Waals surface area (Å²) >= 11 is 0. The third-order valence-corrected chi connectivity index (χ3v) is 4.29. The Morgan fingerprint density at radius 2 is 1.92 bits per heavy atom. The Bertz CT molecular complexity index is 624. The molecule has 2 rings (SSSR count). The molecule has 0 unspecified atom stereocenters. The van der Waals surface area contributed by atoms with Crippen LogP contribution in [0.25, 0.3) is 0 Å². The molecule has 1 aromatic rings. The minimum absolute atomic E-state index is 0.127. The van der Waals surface area contributed by atoms with Gasteiger partial charge in [-0.25, -0.2) is 0 Å². The maximum Gasteiger partial charge on any atom is 0.305 e. The zero-order valence-electron chi connectivity index (χ0n) is 15.4. The van der Waals surface area contributed by atoms with Crippen LogP contribution in [0.4, 0.5) is 0 Å². The molecule has 1 fully saturated rings. The van der Waals surface area contributed by atoms with Crippen LogP contribution in [-0.4, -0.2) is 48.9 Å². The smallest absolute Gasteiger partial charge is 0.305 e. The lowest BCUT2D eigenvalue weighted by atomic mass is 9.86. The molecule has 1 amide bonds. The summed E-state index contributed by atoms with van der Waals surface area (Å²) in [7, 11) is 0. The Morgan fingerprint density at radius 3 is 2.54 bits per heavy atom. The average Bonchev–Trinajstić information content (AvgIpc) is 2.60. The molecule has 1 aliphatic rings. The Morgan fingerprint density at radius 1 is 1.19 bits per heavy atom. The van der Waals surface area contributed by atoms with Crippen LogP contribution in [0.2, 0.25) is 0 Å². The van der Waals surface area contributed by atoms with E-state index in [4.69, 9.17) is 14.2 Å². The number of carbonyl (C=O) groups is 2.